The van der Waals surface area contributed by atoms with E-state index in [0.717, 1.165) is 49.4 Å². The molecule has 0 bridgehead atoms. The van der Waals surface area contributed by atoms with E-state index in [9.17, 15) is 9.59 Å². The lowest BCUT2D eigenvalue weighted by Gasteiger charge is -2.12. The molecular formula is C25H26ClN5O2. The number of amides is 2. The highest BCUT2D eigenvalue weighted by molar-refractivity contribution is 6.33. The summed E-state index contributed by atoms with van der Waals surface area (Å²) in [5, 5.41) is 15.2. The van der Waals surface area contributed by atoms with Gasteiger partial charge in [-0.3, -0.25) is 9.59 Å². The summed E-state index contributed by atoms with van der Waals surface area (Å²) in [7, 11) is 0. The third kappa shape index (κ3) is 4.64. The molecule has 2 unspecified atom stereocenters. The molecule has 170 valence electrons. The van der Waals surface area contributed by atoms with E-state index < -0.39 is 0 Å². The zero-order valence-corrected chi connectivity index (χ0v) is 19.2. The Balaban J connectivity index is 1.34. The Morgan fingerprint density at radius 1 is 1.03 bits per heavy atom. The average Bonchev–Trinajstić information content (AvgIpc) is 3.49. The number of hydrogen-bond acceptors (Lipinski definition) is 4. The van der Waals surface area contributed by atoms with Crippen LogP contribution >= 0.6 is 11.6 Å². The number of rotatable bonds is 5. The van der Waals surface area contributed by atoms with Crippen LogP contribution in [0.1, 0.15) is 48.8 Å². The van der Waals surface area contributed by atoms with Crippen LogP contribution in [0.25, 0.3) is 11.4 Å². The van der Waals surface area contributed by atoms with Crippen molar-refractivity contribution in [2.75, 3.05) is 10.6 Å². The topological polar surface area (TPSA) is 88.9 Å². The lowest BCUT2D eigenvalue weighted by Crippen LogP contribution is -2.16. The summed E-state index contributed by atoms with van der Waals surface area (Å²) >= 11 is 6.50. The molecule has 1 aliphatic heterocycles. The lowest BCUT2D eigenvalue weighted by atomic mass is 10.1. The molecule has 33 heavy (non-hydrogen) atoms. The predicted molar refractivity (Wildman–Crippen MR) is 128 cm³/mol. The zero-order chi connectivity index (χ0) is 22.9. The van der Waals surface area contributed by atoms with E-state index in [1.807, 2.05) is 6.07 Å². The summed E-state index contributed by atoms with van der Waals surface area (Å²) in [4.78, 5) is 25.1. The molecule has 1 fully saturated rings. The first-order valence-corrected chi connectivity index (χ1v) is 11.8. The van der Waals surface area contributed by atoms with E-state index in [4.69, 9.17) is 11.6 Å². The third-order valence-electron chi connectivity index (χ3n) is 6.41. The number of anilines is 2. The Kier molecular flexibility index (Phi) is 5.89. The summed E-state index contributed by atoms with van der Waals surface area (Å²) in [5.74, 6) is 1.95. The second-order valence-corrected chi connectivity index (χ2v) is 9.35. The van der Waals surface area contributed by atoms with Gasteiger partial charge in [0.2, 0.25) is 5.91 Å². The van der Waals surface area contributed by atoms with Gasteiger partial charge in [0, 0.05) is 41.4 Å². The first kappa shape index (κ1) is 21.6. The molecule has 7 nitrogen and oxygen atoms in total. The fourth-order valence-electron chi connectivity index (χ4n) is 4.32. The number of aromatic nitrogens is 3. The van der Waals surface area contributed by atoms with Crippen LogP contribution in [-0.4, -0.2) is 26.6 Å². The van der Waals surface area contributed by atoms with Gasteiger partial charge in [-0.15, -0.1) is 10.2 Å². The predicted octanol–water partition coefficient (Wildman–Crippen LogP) is 5.17. The molecule has 2 heterocycles. The van der Waals surface area contributed by atoms with Gasteiger partial charge < -0.3 is 15.2 Å². The number of aryl methyl sites for hydroxylation is 1. The van der Waals surface area contributed by atoms with E-state index in [0.29, 0.717) is 27.9 Å². The van der Waals surface area contributed by atoms with E-state index in [1.54, 1.807) is 36.4 Å². The Hall–Kier alpha value is -3.19. The number of nitrogens with one attached hydrogen (secondary N) is 2. The number of carbonyl (C=O) groups excluding carboxylic acids is 2. The number of nitrogens with zero attached hydrogens (tertiary/aromatic N) is 3. The molecule has 1 aromatic heterocycles. The van der Waals surface area contributed by atoms with Gasteiger partial charge in [0.05, 0.1) is 5.02 Å². The van der Waals surface area contributed by atoms with Crippen LogP contribution in [-0.2, 0) is 17.8 Å². The maximum Gasteiger partial charge on any atom is 0.255 e. The zero-order valence-electron chi connectivity index (χ0n) is 18.5. The summed E-state index contributed by atoms with van der Waals surface area (Å²) in [6, 6.07) is 12.3. The minimum absolute atomic E-state index is 0.00911. The second-order valence-electron chi connectivity index (χ2n) is 8.94. The molecule has 2 N–H and O–H groups in total. The third-order valence-corrected chi connectivity index (χ3v) is 6.74. The molecule has 0 spiro atoms. The number of fused-ring (bicyclic) bond motifs is 1. The Morgan fingerprint density at radius 2 is 1.85 bits per heavy atom. The molecule has 2 aliphatic rings. The van der Waals surface area contributed by atoms with Crippen LogP contribution in [0.5, 0.6) is 0 Å². The Bertz CT molecular complexity index is 1220. The van der Waals surface area contributed by atoms with Gasteiger partial charge in [0.1, 0.15) is 5.82 Å². The van der Waals surface area contributed by atoms with Crippen molar-refractivity contribution >= 4 is 34.8 Å². The molecule has 2 amide bonds. The van der Waals surface area contributed by atoms with Crippen LogP contribution in [0.3, 0.4) is 0 Å². The molecule has 2 atom stereocenters. The normalized spacial score (nSPS) is 19.3. The summed E-state index contributed by atoms with van der Waals surface area (Å²) in [6.45, 7) is 2.92. The molecule has 1 aliphatic carbocycles. The van der Waals surface area contributed by atoms with Crippen molar-refractivity contribution in [1.82, 2.24) is 14.8 Å². The van der Waals surface area contributed by atoms with Crippen LogP contribution < -0.4 is 10.6 Å². The molecule has 8 heteroatoms. The highest BCUT2D eigenvalue weighted by atomic mass is 35.5. The van der Waals surface area contributed by atoms with Crippen molar-refractivity contribution in [3.63, 3.8) is 0 Å². The maximum absolute atomic E-state index is 12.9. The first-order valence-electron chi connectivity index (χ1n) is 11.4. The van der Waals surface area contributed by atoms with Gasteiger partial charge in [-0.2, -0.15) is 0 Å². The summed E-state index contributed by atoms with van der Waals surface area (Å²) in [5.41, 5.74) is 2.44. The van der Waals surface area contributed by atoms with Crippen molar-refractivity contribution in [2.24, 2.45) is 11.8 Å². The van der Waals surface area contributed by atoms with Crippen molar-refractivity contribution in [2.45, 2.75) is 45.6 Å². The summed E-state index contributed by atoms with van der Waals surface area (Å²) in [6.07, 6.45) is 5.19. The smallest absolute Gasteiger partial charge is 0.255 e. The molecule has 0 saturated heterocycles. The molecule has 5 rings (SSSR count). The van der Waals surface area contributed by atoms with E-state index >= 15 is 0 Å². The van der Waals surface area contributed by atoms with Crippen LogP contribution in [0.4, 0.5) is 11.4 Å². The Labute approximate surface area is 197 Å². The monoisotopic (exact) mass is 463 g/mol. The minimum atomic E-state index is -0.265. The van der Waals surface area contributed by atoms with E-state index in [1.165, 1.54) is 6.42 Å². The van der Waals surface area contributed by atoms with Gasteiger partial charge in [0.25, 0.3) is 5.91 Å². The molecular weight excluding hydrogens is 438 g/mol. The molecule has 1 saturated carbocycles. The maximum atomic E-state index is 12.9. The number of carbonyl (C=O) groups is 2. The number of hydrogen-bond donors (Lipinski definition) is 2. The quantitative estimate of drug-likeness (QED) is 0.546. The van der Waals surface area contributed by atoms with Crippen LogP contribution in [0.15, 0.2) is 42.5 Å². The molecule has 3 aromatic rings. The average molecular weight is 464 g/mol. The van der Waals surface area contributed by atoms with Crippen molar-refractivity contribution in [3.8, 4) is 11.4 Å². The Morgan fingerprint density at radius 3 is 2.67 bits per heavy atom. The van der Waals surface area contributed by atoms with Gasteiger partial charge in [-0.25, -0.2) is 0 Å². The fourth-order valence-corrected chi connectivity index (χ4v) is 4.52. The van der Waals surface area contributed by atoms with Gasteiger partial charge >= 0.3 is 0 Å². The van der Waals surface area contributed by atoms with Crippen LogP contribution in [0, 0.1) is 11.8 Å². The standard InChI is InChI=1S/C25H26ClN5O2/c1-15-12-19(15)25(33)28-17-7-5-6-16(13-17)24(32)27-18-9-10-21(26)20(14-18)23-30-29-22-8-3-2-4-11-31(22)23/h5-7,9-10,13-15,19H,2-4,8,11-12H2,1H3,(H,27,32)(H,28,33). The van der Waals surface area contributed by atoms with Gasteiger partial charge in [-0.1, -0.05) is 31.0 Å². The molecule has 2 aromatic carbocycles. The van der Waals surface area contributed by atoms with Gasteiger partial charge in [-0.05, 0) is 61.6 Å². The molecule has 0 radical (unpaired) electrons. The lowest BCUT2D eigenvalue weighted by molar-refractivity contribution is -0.117. The minimum Gasteiger partial charge on any atom is -0.326 e. The number of benzene rings is 2. The number of halogens is 1. The highest BCUT2D eigenvalue weighted by Gasteiger charge is 2.39. The van der Waals surface area contributed by atoms with E-state index in [2.05, 4.69) is 32.3 Å². The highest BCUT2D eigenvalue weighted by Crippen LogP contribution is 2.38. The second kappa shape index (κ2) is 8.98. The van der Waals surface area contributed by atoms with Crippen molar-refractivity contribution in [1.29, 1.82) is 0 Å². The first-order chi connectivity index (χ1) is 16.0. The largest absolute Gasteiger partial charge is 0.326 e. The van der Waals surface area contributed by atoms with Gasteiger partial charge in [0.15, 0.2) is 5.82 Å². The SMILES string of the molecule is CC1CC1C(=O)Nc1cccc(C(=O)Nc2ccc(Cl)c(-c3nnc4n3CCCCC4)c2)c1. The van der Waals surface area contributed by atoms with E-state index in [-0.39, 0.29) is 17.7 Å². The van der Waals surface area contributed by atoms with Crippen LogP contribution in [0.2, 0.25) is 5.02 Å². The fraction of sp³-hybridized carbons (Fsp3) is 0.360. The summed E-state index contributed by atoms with van der Waals surface area (Å²) < 4.78 is 2.13. The van der Waals surface area contributed by atoms with Crippen molar-refractivity contribution < 1.29 is 9.59 Å². The van der Waals surface area contributed by atoms with Crippen molar-refractivity contribution in [3.05, 3.63) is 58.9 Å².